The average molecular weight is 266 g/mol. The molecule has 0 spiro atoms. The molecule has 19 heavy (non-hydrogen) atoms. The fourth-order valence-electron chi connectivity index (χ4n) is 1.34. The number of rotatable bonds is 4. The minimum Gasteiger partial charge on any atom is -0.350 e. The van der Waals surface area contributed by atoms with Crippen LogP contribution in [0.2, 0.25) is 0 Å². The van der Waals surface area contributed by atoms with Crippen molar-refractivity contribution in [3.05, 3.63) is 35.6 Å². The number of benzene rings is 1. The second-order valence-electron chi connectivity index (χ2n) is 5.34. The third-order valence-corrected chi connectivity index (χ3v) is 2.47. The number of carbonyl (C=O) groups is 2. The molecule has 0 heterocycles. The lowest BCUT2D eigenvalue weighted by Gasteiger charge is -2.17. The predicted octanol–water partition coefficient (Wildman–Crippen LogP) is 1.60. The molecule has 0 aliphatic heterocycles. The van der Waals surface area contributed by atoms with Crippen LogP contribution in [0.5, 0.6) is 0 Å². The number of carbonyl (C=O) groups excluding carboxylic acids is 2. The highest BCUT2D eigenvalue weighted by molar-refractivity contribution is 5.87. The summed E-state index contributed by atoms with van der Waals surface area (Å²) >= 11 is 0. The maximum atomic E-state index is 12.9. The van der Waals surface area contributed by atoms with Crippen LogP contribution in [0, 0.1) is 11.2 Å². The van der Waals surface area contributed by atoms with Gasteiger partial charge in [0.05, 0.1) is 6.54 Å². The van der Waals surface area contributed by atoms with Crippen LogP contribution >= 0.6 is 0 Å². The number of nitrogens with one attached hydrogen (secondary N) is 2. The van der Waals surface area contributed by atoms with Crippen molar-refractivity contribution in [1.82, 2.24) is 10.6 Å². The van der Waals surface area contributed by atoms with E-state index in [9.17, 15) is 14.0 Å². The van der Waals surface area contributed by atoms with Gasteiger partial charge in [0, 0.05) is 12.0 Å². The molecule has 1 aromatic carbocycles. The maximum Gasteiger partial charge on any atom is 0.239 e. The topological polar surface area (TPSA) is 58.2 Å². The zero-order valence-electron chi connectivity index (χ0n) is 11.4. The molecule has 0 radical (unpaired) electrons. The third-order valence-electron chi connectivity index (χ3n) is 2.47. The first-order valence-corrected chi connectivity index (χ1v) is 6.08. The number of amides is 2. The van der Waals surface area contributed by atoms with Gasteiger partial charge in [-0.15, -0.1) is 0 Å². The molecule has 5 heteroatoms. The van der Waals surface area contributed by atoms with Crippen molar-refractivity contribution in [3.63, 3.8) is 0 Å². The molecule has 0 fully saturated rings. The van der Waals surface area contributed by atoms with Crippen LogP contribution < -0.4 is 10.6 Å². The van der Waals surface area contributed by atoms with Crippen molar-refractivity contribution >= 4 is 11.8 Å². The van der Waals surface area contributed by atoms with E-state index in [0.29, 0.717) is 5.56 Å². The third kappa shape index (κ3) is 5.50. The molecular weight excluding hydrogens is 247 g/mol. The van der Waals surface area contributed by atoms with Crippen molar-refractivity contribution in [2.24, 2.45) is 5.41 Å². The minimum atomic E-state index is -0.525. The van der Waals surface area contributed by atoms with Gasteiger partial charge in [0.1, 0.15) is 5.82 Å². The molecule has 0 saturated heterocycles. The molecule has 1 rings (SSSR count). The summed E-state index contributed by atoms with van der Waals surface area (Å²) in [6.45, 7) is 5.47. The quantitative estimate of drug-likeness (QED) is 0.869. The smallest absolute Gasteiger partial charge is 0.239 e. The Balaban J connectivity index is 2.35. The van der Waals surface area contributed by atoms with E-state index in [-0.39, 0.29) is 30.7 Å². The van der Waals surface area contributed by atoms with Gasteiger partial charge in [-0.05, 0) is 17.7 Å². The van der Waals surface area contributed by atoms with E-state index in [1.165, 1.54) is 12.1 Å². The molecule has 104 valence electrons. The van der Waals surface area contributed by atoms with Crippen LogP contribution in [-0.2, 0) is 16.1 Å². The lowest BCUT2D eigenvalue weighted by molar-refractivity contribution is -0.131. The number of hydrogen-bond acceptors (Lipinski definition) is 2. The van der Waals surface area contributed by atoms with Gasteiger partial charge < -0.3 is 10.6 Å². The Morgan fingerprint density at radius 2 is 1.89 bits per heavy atom. The van der Waals surface area contributed by atoms with E-state index >= 15 is 0 Å². The first-order chi connectivity index (χ1) is 8.79. The minimum absolute atomic E-state index is 0.0780. The monoisotopic (exact) mass is 266 g/mol. The fraction of sp³-hybridized carbons (Fsp3) is 0.429. The molecule has 0 aromatic heterocycles. The highest BCUT2D eigenvalue weighted by Gasteiger charge is 2.21. The van der Waals surface area contributed by atoms with Gasteiger partial charge in [0.2, 0.25) is 11.8 Å². The van der Waals surface area contributed by atoms with Gasteiger partial charge in [-0.2, -0.15) is 0 Å². The van der Waals surface area contributed by atoms with Gasteiger partial charge in [0.15, 0.2) is 0 Å². The van der Waals surface area contributed by atoms with Crippen molar-refractivity contribution in [3.8, 4) is 0 Å². The van der Waals surface area contributed by atoms with Crippen LogP contribution in [-0.4, -0.2) is 18.4 Å². The summed E-state index contributed by atoms with van der Waals surface area (Å²) in [7, 11) is 0. The molecule has 2 amide bonds. The Morgan fingerprint density at radius 1 is 1.21 bits per heavy atom. The second-order valence-corrected chi connectivity index (χ2v) is 5.34. The van der Waals surface area contributed by atoms with E-state index in [2.05, 4.69) is 10.6 Å². The van der Waals surface area contributed by atoms with Crippen LogP contribution in [0.25, 0.3) is 0 Å². The van der Waals surface area contributed by atoms with E-state index < -0.39 is 5.41 Å². The summed E-state index contributed by atoms with van der Waals surface area (Å²) in [5, 5.41) is 5.16. The molecule has 0 bridgehead atoms. The Hall–Kier alpha value is -1.91. The van der Waals surface area contributed by atoms with E-state index in [4.69, 9.17) is 0 Å². The average Bonchev–Trinajstić information content (AvgIpc) is 2.32. The number of hydrogen-bond donors (Lipinski definition) is 2. The molecule has 0 unspecified atom stereocenters. The van der Waals surface area contributed by atoms with Crippen molar-refractivity contribution < 1.29 is 14.0 Å². The summed E-state index contributed by atoms with van der Waals surface area (Å²) in [5.41, 5.74) is 0.151. The first-order valence-electron chi connectivity index (χ1n) is 6.08. The standard InChI is InChI=1S/C14H19FN2O2/c1-14(2,3)13(19)17-9-12(18)16-8-10-5-4-6-11(15)7-10/h4-7H,8-9H2,1-3H3,(H,16,18)(H,17,19). The lowest BCUT2D eigenvalue weighted by Crippen LogP contribution is -2.41. The van der Waals surface area contributed by atoms with Crippen molar-refractivity contribution in [2.45, 2.75) is 27.3 Å². The van der Waals surface area contributed by atoms with E-state index in [1.54, 1.807) is 32.9 Å². The largest absolute Gasteiger partial charge is 0.350 e. The summed E-state index contributed by atoms with van der Waals surface area (Å²) < 4.78 is 12.9. The summed E-state index contributed by atoms with van der Waals surface area (Å²) in [6, 6.07) is 6.00. The molecule has 4 nitrogen and oxygen atoms in total. The Kier molecular flexibility index (Phi) is 5.03. The molecule has 0 aliphatic carbocycles. The van der Waals surface area contributed by atoms with Gasteiger partial charge in [-0.3, -0.25) is 9.59 Å². The summed E-state index contributed by atoms with van der Waals surface area (Å²) in [4.78, 5) is 23.1. The fourth-order valence-corrected chi connectivity index (χ4v) is 1.34. The van der Waals surface area contributed by atoms with E-state index in [1.807, 2.05) is 0 Å². The summed E-state index contributed by atoms with van der Waals surface area (Å²) in [5.74, 6) is -0.831. The zero-order chi connectivity index (χ0) is 14.5. The van der Waals surface area contributed by atoms with Gasteiger partial charge in [-0.1, -0.05) is 32.9 Å². The van der Waals surface area contributed by atoms with Crippen LogP contribution in [0.3, 0.4) is 0 Å². The van der Waals surface area contributed by atoms with Crippen LogP contribution in [0.4, 0.5) is 4.39 Å². The van der Waals surface area contributed by atoms with Crippen molar-refractivity contribution in [1.29, 1.82) is 0 Å². The molecular formula is C14H19FN2O2. The maximum absolute atomic E-state index is 12.9. The Labute approximate surface area is 112 Å². The second kappa shape index (κ2) is 6.31. The van der Waals surface area contributed by atoms with Gasteiger partial charge in [-0.25, -0.2) is 4.39 Å². The van der Waals surface area contributed by atoms with Crippen molar-refractivity contribution in [2.75, 3.05) is 6.54 Å². The summed E-state index contributed by atoms with van der Waals surface area (Å²) in [6.07, 6.45) is 0. The Bertz CT molecular complexity index is 467. The van der Waals surface area contributed by atoms with Crippen LogP contribution in [0.1, 0.15) is 26.3 Å². The molecule has 0 aliphatic rings. The highest BCUT2D eigenvalue weighted by atomic mass is 19.1. The SMILES string of the molecule is CC(C)(C)C(=O)NCC(=O)NCc1cccc(F)c1. The van der Waals surface area contributed by atoms with Crippen LogP contribution in [0.15, 0.2) is 24.3 Å². The lowest BCUT2D eigenvalue weighted by atomic mass is 9.96. The zero-order valence-corrected chi connectivity index (χ0v) is 11.4. The van der Waals surface area contributed by atoms with Gasteiger partial charge in [0.25, 0.3) is 0 Å². The Morgan fingerprint density at radius 3 is 2.47 bits per heavy atom. The normalized spacial score (nSPS) is 10.9. The van der Waals surface area contributed by atoms with Gasteiger partial charge >= 0.3 is 0 Å². The number of halogens is 1. The first kappa shape index (κ1) is 15.1. The van der Waals surface area contributed by atoms with E-state index in [0.717, 1.165) is 0 Å². The molecule has 0 atom stereocenters. The molecule has 2 N–H and O–H groups in total. The molecule has 0 saturated carbocycles. The highest BCUT2D eigenvalue weighted by Crippen LogP contribution is 2.11. The molecule has 1 aromatic rings. The predicted molar refractivity (Wildman–Crippen MR) is 70.7 cm³/mol.